The summed E-state index contributed by atoms with van der Waals surface area (Å²) in [5, 5.41) is 9.87. The summed E-state index contributed by atoms with van der Waals surface area (Å²) in [6.45, 7) is 2.38. The molecule has 1 N–H and O–H groups in total. The molecule has 0 bridgehead atoms. The van der Waals surface area contributed by atoms with Crippen molar-refractivity contribution in [3.63, 3.8) is 0 Å². The summed E-state index contributed by atoms with van der Waals surface area (Å²) in [5.74, 6) is 0.877. The molecule has 0 aliphatic heterocycles. The van der Waals surface area contributed by atoms with Crippen molar-refractivity contribution in [1.29, 1.82) is 0 Å². The number of fused-ring (bicyclic) bond motifs is 1. The van der Waals surface area contributed by atoms with Gasteiger partial charge < -0.3 is 9.67 Å². The molecule has 0 saturated heterocycles. The zero-order chi connectivity index (χ0) is 14.8. The summed E-state index contributed by atoms with van der Waals surface area (Å²) in [6.07, 6.45) is 3.99. The Morgan fingerprint density at radius 1 is 1.24 bits per heavy atom. The van der Waals surface area contributed by atoms with Gasteiger partial charge in [0.2, 0.25) is 0 Å². The van der Waals surface area contributed by atoms with Gasteiger partial charge in [0.25, 0.3) is 0 Å². The standard InChI is InChI=1S/C17H20N2OS/c1-12(20)11-19-15-10-6-5-9-14(15)17(21)18-16(19)13-7-3-2-4-8-13/h2-4,7-8,12,20H,5-6,9-11H2,1H3/t12-/m1/s1. The number of rotatable bonds is 3. The van der Waals surface area contributed by atoms with Crippen LogP contribution >= 0.6 is 12.2 Å². The maximum absolute atomic E-state index is 9.87. The predicted octanol–water partition coefficient (Wildman–Crippen LogP) is 3.54. The maximum atomic E-state index is 9.87. The van der Waals surface area contributed by atoms with Crippen molar-refractivity contribution in [2.45, 2.75) is 45.3 Å². The second-order valence-corrected chi connectivity index (χ2v) is 6.09. The van der Waals surface area contributed by atoms with Gasteiger partial charge >= 0.3 is 0 Å². The van der Waals surface area contributed by atoms with Crippen molar-refractivity contribution in [3.8, 4) is 11.4 Å². The highest BCUT2D eigenvalue weighted by Crippen LogP contribution is 2.27. The molecule has 1 aliphatic carbocycles. The highest BCUT2D eigenvalue weighted by atomic mass is 32.1. The molecule has 1 aromatic carbocycles. The fourth-order valence-corrected chi connectivity index (χ4v) is 3.34. The quantitative estimate of drug-likeness (QED) is 0.881. The van der Waals surface area contributed by atoms with E-state index in [1.54, 1.807) is 0 Å². The Hall–Kier alpha value is -1.52. The van der Waals surface area contributed by atoms with Gasteiger partial charge in [0.05, 0.1) is 12.6 Å². The van der Waals surface area contributed by atoms with Crippen LogP contribution in [0.25, 0.3) is 11.4 Å². The zero-order valence-corrected chi connectivity index (χ0v) is 13.1. The van der Waals surface area contributed by atoms with Crippen LogP contribution in [0, 0.1) is 4.64 Å². The minimum atomic E-state index is -0.402. The van der Waals surface area contributed by atoms with Gasteiger partial charge in [0, 0.05) is 16.8 Å². The number of nitrogens with zero attached hydrogens (tertiary/aromatic N) is 2. The second kappa shape index (κ2) is 6.08. The van der Waals surface area contributed by atoms with Gasteiger partial charge in [0.1, 0.15) is 10.5 Å². The van der Waals surface area contributed by atoms with Crippen molar-refractivity contribution >= 4 is 12.2 Å². The van der Waals surface area contributed by atoms with E-state index in [1.165, 1.54) is 24.1 Å². The molecule has 1 aliphatic rings. The lowest BCUT2D eigenvalue weighted by Crippen LogP contribution is -2.22. The Balaban J connectivity index is 2.23. The van der Waals surface area contributed by atoms with Crippen LogP contribution in [0.2, 0.25) is 0 Å². The van der Waals surface area contributed by atoms with Crippen LogP contribution in [-0.4, -0.2) is 20.8 Å². The number of aliphatic hydroxyl groups is 1. The molecule has 0 saturated carbocycles. The SMILES string of the molecule is C[C@@H](O)Cn1c(-c2ccccc2)nc(=S)c2c1CCCC2. The predicted molar refractivity (Wildman–Crippen MR) is 86.8 cm³/mol. The molecule has 1 aromatic heterocycles. The highest BCUT2D eigenvalue weighted by molar-refractivity contribution is 7.71. The van der Waals surface area contributed by atoms with Gasteiger partial charge in [-0.3, -0.25) is 0 Å². The van der Waals surface area contributed by atoms with Gasteiger partial charge in [0.15, 0.2) is 0 Å². The van der Waals surface area contributed by atoms with Crippen molar-refractivity contribution in [2.24, 2.45) is 0 Å². The summed E-state index contributed by atoms with van der Waals surface area (Å²) < 4.78 is 2.90. The lowest BCUT2D eigenvalue weighted by molar-refractivity contribution is 0.172. The van der Waals surface area contributed by atoms with E-state index in [0.717, 1.165) is 28.9 Å². The van der Waals surface area contributed by atoms with Crippen molar-refractivity contribution in [3.05, 3.63) is 46.2 Å². The molecular formula is C17H20N2OS. The monoisotopic (exact) mass is 300 g/mol. The average molecular weight is 300 g/mol. The van der Waals surface area contributed by atoms with Crippen LogP contribution in [0.5, 0.6) is 0 Å². The largest absolute Gasteiger partial charge is 0.392 e. The van der Waals surface area contributed by atoms with E-state index in [-0.39, 0.29) is 0 Å². The lowest BCUT2D eigenvalue weighted by Gasteiger charge is -2.25. The summed E-state index contributed by atoms with van der Waals surface area (Å²) >= 11 is 5.51. The van der Waals surface area contributed by atoms with E-state index in [1.807, 2.05) is 37.3 Å². The number of benzene rings is 1. The Morgan fingerprint density at radius 3 is 2.67 bits per heavy atom. The van der Waals surface area contributed by atoms with Crippen LogP contribution in [0.1, 0.15) is 31.0 Å². The first kappa shape index (κ1) is 14.4. The van der Waals surface area contributed by atoms with Crippen LogP contribution in [0.15, 0.2) is 30.3 Å². The van der Waals surface area contributed by atoms with Gasteiger partial charge in [-0.05, 0) is 32.6 Å². The summed E-state index contributed by atoms with van der Waals surface area (Å²) in [5.41, 5.74) is 3.52. The van der Waals surface area contributed by atoms with Gasteiger partial charge in [-0.2, -0.15) is 0 Å². The second-order valence-electron chi connectivity index (χ2n) is 5.70. The number of aromatic nitrogens is 2. The molecule has 3 nitrogen and oxygen atoms in total. The van der Waals surface area contributed by atoms with Crippen LogP contribution < -0.4 is 0 Å². The molecule has 2 aromatic rings. The van der Waals surface area contributed by atoms with Gasteiger partial charge in [-0.15, -0.1) is 0 Å². The topological polar surface area (TPSA) is 38.0 Å². The van der Waals surface area contributed by atoms with Crippen LogP contribution in [0.3, 0.4) is 0 Å². The molecule has 1 atom stereocenters. The maximum Gasteiger partial charge on any atom is 0.141 e. The lowest BCUT2D eigenvalue weighted by atomic mass is 9.96. The molecule has 21 heavy (non-hydrogen) atoms. The smallest absolute Gasteiger partial charge is 0.141 e. The molecule has 110 valence electrons. The Morgan fingerprint density at radius 2 is 1.95 bits per heavy atom. The van der Waals surface area contributed by atoms with Gasteiger partial charge in [-0.1, -0.05) is 42.5 Å². The molecule has 0 radical (unpaired) electrons. The fourth-order valence-electron chi connectivity index (χ4n) is 3.04. The van der Waals surface area contributed by atoms with E-state index in [9.17, 15) is 5.11 Å². The fraction of sp³-hybridized carbons (Fsp3) is 0.412. The first-order chi connectivity index (χ1) is 10.2. The van der Waals surface area contributed by atoms with Crippen LogP contribution in [-0.2, 0) is 19.4 Å². The third-order valence-corrected chi connectivity index (χ3v) is 4.30. The summed E-state index contributed by atoms with van der Waals surface area (Å²) in [4.78, 5) is 4.68. The molecule has 0 spiro atoms. The summed E-state index contributed by atoms with van der Waals surface area (Å²) in [7, 11) is 0. The molecular weight excluding hydrogens is 280 g/mol. The first-order valence-electron chi connectivity index (χ1n) is 7.53. The van der Waals surface area contributed by atoms with E-state index < -0.39 is 6.10 Å². The van der Waals surface area contributed by atoms with Gasteiger partial charge in [-0.25, -0.2) is 4.98 Å². The number of hydrogen-bond acceptors (Lipinski definition) is 3. The first-order valence-corrected chi connectivity index (χ1v) is 7.93. The Labute approximate surface area is 130 Å². The molecule has 0 fully saturated rings. The minimum absolute atomic E-state index is 0.402. The number of aliphatic hydroxyl groups excluding tert-OH is 1. The molecule has 3 rings (SSSR count). The normalized spacial score (nSPS) is 15.5. The van der Waals surface area contributed by atoms with E-state index in [2.05, 4.69) is 9.55 Å². The van der Waals surface area contributed by atoms with E-state index in [0.29, 0.717) is 6.54 Å². The number of hydrogen-bond donors (Lipinski definition) is 1. The van der Waals surface area contributed by atoms with Crippen molar-refractivity contribution in [2.75, 3.05) is 0 Å². The molecule has 0 amide bonds. The minimum Gasteiger partial charge on any atom is -0.392 e. The van der Waals surface area contributed by atoms with Crippen molar-refractivity contribution < 1.29 is 5.11 Å². The zero-order valence-electron chi connectivity index (χ0n) is 12.2. The molecule has 4 heteroatoms. The Bertz CT molecular complexity index is 692. The molecule has 0 unspecified atom stereocenters. The van der Waals surface area contributed by atoms with Crippen LogP contribution in [0.4, 0.5) is 0 Å². The third-order valence-electron chi connectivity index (χ3n) is 3.96. The average Bonchev–Trinajstić information content (AvgIpc) is 2.50. The van der Waals surface area contributed by atoms with Crippen molar-refractivity contribution in [1.82, 2.24) is 9.55 Å². The van der Waals surface area contributed by atoms with E-state index >= 15 is 0 Å². The summed E-state index contributed by atoms with van der Waals surface area (Å²) in [6, 6.07) is 10.1. The molecule has 1 heterocycles. The highest BCUT2D eigenvalue weighted by Gasteiger charge is 2.19. The Kier molecular flexibility index (Phi) is 4.17. The van der Waals surface area contributed by atoms with E-state index in [4.69, 9.17) is 12.2 Å². The third kappa shape index (κ3) is 2.92.